The fourth-order valence-electron chi connectivity index (χ4n) is 2.83. The molecule has 0 aromatic rings. The van der Waals surface area contributed by atoms with Crippen LogP contribution in [0.4, 0.5) is 4.79 Å². The first kappa shape index (κ1) is 19.3. The third kappa shape index (κ3) is 9.29. The zero-order chi connectivity index (χ0) is 16.0. The SMILES string of the molecule is CCCCCCCCCCCCOC(=O)N1CCN(C)CC1. The smallest absolute Gasteiger partial charge is 0.409 e. The molecular weight excluding hydrogens is 276 g/mol. The van der Waals surface area contributed by atoms with E-state index < -0.39 is 0 Å². The van der Waals surface area contributed by atoms with Gasteiger partial charge in [0.1, 0.15) is 0 Å². The summed E-state index contributed by atoms with van der Waals surface area (Å²) in [5.41, 5.74) is 0. The van der Waals surface area contributed by atoms with Gasteiger partial charge in [-0.15, -0.1) is 0 Å². The largest absolute Gasteiger partial charge is 0.449 e. The standard InChI is InChI=1S/C18H36N2O2/c1-3-4-5-6-7-8-9-10-11-12-17-22-18(21)20-15-13-19(2)14-16-20/h3-17H2,1-2H3. The summed E-state index contributed by atoms with van der Waals surface area (Å²) in [6, 6.07) is 0. The molecule has 0 aromatic heterocycles. The normalized spacial score (nSPS) is 16.0. The molecule has 1 rings (SSSR count). The van der Waals surface area contributed by atoms with Crippen LogP contribution >= 0.6 is 0 Å². The number of rotatable bonds is 11. The van der Waals surface area contributed by atoms with Crippen molar-refractivity contribution < 1.29 is 9.53 Å². The Hall–Kier alpha value is -0.770. The van der Waals surface area contributed by atoms with Gasteiger partial charge in [0.05, 0.1) is 6.61 Å². The van der Waals surface area contributed by atoms with Crippen LogP contribution in [0.5, 0.6) is 0 Å². The summed E-state index contributed by atoms with van der Waals surface area (Å²) in [6.45, 7) is 6.35. The lowest BCUT2D eigenvalue weighted by atomic mass is 10.1. The second kappa shape index (κ2) is 12.7. The Morgan fingerprint density at radius 3 is 1.86 bits per heavy atom. The van der Waals surface area contributed by atoms with Gasteiger partial charge in [0.15, 0.2) is 0 Å². The number of amides is 1. The van der Waals surface area contributed by atoms with Crippen molar-refractivity contribution in [1.82, 2.24) is 9.80 Å². The Morgan fingerprint density at radius 2 is 1.32 bits per heavy atom. The minimum absolute atomic E-state index is 0.121. The van der Waals surface area contributed by atoms with Gasteiger partial charge in [-0.05, 0) is 13.5 Å². The molecule has 22 heavy (non-hydrogen) atoms. The van der Waals surface area contributed by atoms with E-state index in [4.69, 9.17) is 4.74 Å². The van der Waals surface area contributed by atoms with Crippen molar-refractivity contribution in [3.63, 3.8) is 0 Å². The number of likely N-dealkylation sites (N-methyl/N-ethyl adjacent to an activating group) is 1. The Labute approximate surface area is 137 Å². The third-order valence-electron chi connectivity index (χ3n) is 4.48. The van der Waals surface area contributed by atoms with Gasteiger partial charge in [0.2, 0.25) is 0 Å². The summed E-state index contributed by atoms with van der Waals surface area (Å²) in [4.78, 5) is 15.9. The molecular formula is C18H36N2O2. The van der Waals surface area contributed by atoms with Crippen molar-refractivity contribution in [3.8, 4) is 0 Å². The Kier molecular flexibility index (Phi) is 11.2. The molecule has 1 saturated heterocycles. The summed E-state index contributed by atoms with van der Waals surface area (Å²) >= 11 is 0. The maximum absolute atomic E-state index is 11.9. The molecule has 130 valence electrons. The van der Waals surface area contributed by atoms with Crippen LogP contribution in [-0.4, -0.2) is 55.7 Å². The number of piperazine rings is 1. The van der Waals surface area contributed by atoms with E-state index in [1.54, 1.807) is 0 Å². The highest BCUT2D eigenvalue weighted by Crippen LogP contribution is 2.10. The molecule has 4 heteroatoms. The number of hydrogen-bond acceptors (Lipinski definition) is 3. The zero-order valence-electron chi connectivity index (χ0n) is 14.8. The number of carbonyl (C=O) groups is 1. The number of nitrogens with zero attached hydrogens (tertiary/aromatic N) is 2. The second-order valence-electron chi connectivity index (χ2n) is 6.59. The molecule has 4 nitrogen and oxygen atoms in total. The number of hydrogen-bond donors (Lipinski definition) is 0. The fourth-order valence-corrected chi connectivity index (χ4v) is 2.83. The quantitative estimate of drug-likeness (QED) is 0.533. The molecule has 0 spiro atoms. The van der Waals surface area contributed by atoms with Crippen molar-refractivity contribution in [2.24, 2.45) is 0 Å². The molecule has 1 heterocycles. The average molecular weight is 312 g/mol. The van der Waals surface area contributed by atoms with Gasteiger partial charge in [0.25, 0.3) is 0 Å². The Morgan fingerprint density at radius 1 is 0.818 bits per heavy atom. The Balaban J connectivity index is 1.84. The highest BCUT2D eigenvalue weighted by atomic mass is 16.6. The van der Waals surface area contributed by atoms with Crippen molar-refractivity contribution >= 4 is 6.09 Å². The summed E-state index contributed by atoms with van der Waals surface area (Å²) in [5.74, 6) is 0. The van der Waals surface area contributed by atoms with Crippen LogP contribution in [0.15, 0.2) is 0 Å². The monoisotopic (exact) mass is 312 g/mol. The topological polar surface area (TPSA) is 32.8 Å². The van der Waals surface area contributed by atoms with Crippen LogP contribution in [0.1, 0.15) is 71.1 Å². The van der Waals surface area contributed by atoms with Gasteiger partial charge < -0.3 is 14.5 Å². The van der Waals surface area contributed by atoms with Gasteiger partial charge in [-0.25, -0.2) is 4.79 Å². The Bertz CT molecular complexity index is 276. The van der Waals surface area contributed by atoms with Crippen LogP contribution in [0.3, 0.4) is 0 Å². The molecule has 0 aliphatic carbocycles. The summed E-state index contributed by atoms with van der Waals surface area (Å²) in [6.07, 6.45) is 13.0. The molecule has 0 unspecified atom stereocenters. The lowest BCUT2D eigenvalue weighted by molar-refractivity contribution is 0.0806. The molecule has 1 amide bonds. The van der Waals surface area contributed by atoms with Gasteiger partial charge in [-0.3, -0.25) is 0 Å². The first-order valence-electron chi connectivity index (χ1n) is 9.34. The molecule has 0 atom stereocenters. The molecule has 0 saturated carbocycles. The van der Waals surface area contributed by atoms with Gasteiger partial charge in [0, 0.05) is 26.2 Å². The van der Waals surface area contributed by atoms with Crippen LogP contribution in [0, 0.1) is 0 Å². The first-order chi connectivity index (χ1) is 10.7. The molecule has 0 aromatic carbocycles. The summed E-state index contributed by atoms with van der Waals surface area (Å²) in [5, 5.41) is 0. The highest BCUT2D eigenvalue weighted by molar-refractivity contribution is 5.67. The van der Waals surface area contributed by atoms with Crippen LogP contribution < -0.4 is 0 Å². The lowest BCUT2D eigenvalue weighted by Gasteiger charge is -2.31. The molecule has 0 radical (unpaired) electrons. The highest BCUT2D eigenvalue weighted by Gasteiger charge is 2.19. The molecule has 1 fully saturated rings. The number of ether oxygens (including phenoxy) is 1. The fraction of sp³-hybridized carbons (Fsp3) is 0.944. The minimum Gasteiger partial charge on any atom is -0.449 e. The first-order valence-corrected chi connectivity index (χ1v) is 9.34. The van der Waals surface area contributed by atoms with E-state index in [1.165, 1.54) is 57.8 Å². The summed E-state index contributed by atoms with van der Waals surface area (Å²) in [7, 11) is 2.09. The van der Waals surface area contributed by atoms with E-state index in [1.807, 2.05) is 4.90 Å². The van der Waals surface area contributed by atoms with Crippen molar-refractivity contribution in [2.45, 2.75) is 71.1 Å². The van der Waals surface area contributed by atoms with E-state index in [-0.39, 0.29) is 6.09 Å². The molecule has 1 aliphatic rings. The zero-order valence-corrected chi connectivity index (χ0v) is 14.8. The summed E-state index contributed by atoms with van der Waals surface area (Å²) < 4.78 is 5.36. The minimum atomic E-state index is -0.121. The maximum atomic E-state index is 11.9. The maximum Gasteiger partial charge on any atom is 0.409 e. The average Bonchev–Trinajstić information content (AvgIpc) is 2.53. The molecule has 1 aliphatic heterocycles. The molecule has 0 N–H and O–H groups in total. The van der Waals surface area contributed by atoms with Crippen molar-refractivity contribution in [3.05, 3.63) is 0 Å². The van der Waals surface area contributed by atoms with Gasteiger partial charge in [-0.1, -0.05) is 64.7 Å². The van der Waals surface area contributed by atoms with Crippen LogP contribution in [0.25, 0.3) is 0 Å². The van der Waals surface area contributed by atoms with Gasteiger partial charge in [-0.2, -0.15) is 0 Å². The van der Waals surface area contributed by atoms with Gasteiger partial charge >= 0.3 is 6.09 Å². The van der Waals surface area contributed by atoms with E-state index in [2.05, 4.69) is 18.9 Å². The van der Waals surface area contributed by atoms with E-state index in [9.17, 15) is 4.79 Å². The van der Waals surface area contributed by atoms with Crippen LogP contribution in [-0.2, 0) is 4.74 Å². The predicted molar refractivity (Wildman–Crippen MR) is 92.3 cm³/mol. The van der Waals surface area contributed by atoms with Crippen molar-refractivity contribution in [2.75, 3.05) is 39.8 Å². The number of unbranched alkanes of at least 4 members (excludes halogenated alkanes) is 9. The second-order valence-corrected chi connectivity index (χ2v) is 6.59. The third-order valence-corrected chi connectivity index (χ3v) is 4.48. The van der Waals surface area contributed by atoms with Crippen molar-refractivity contribution in [1.29, 1.82) is 0 Å². The molecule has 0 bridgehead atoms. The number of carbonyl (C=O) groups excluding carboxylic acids is 1. The lowest BCUT2D eigenvalue weighted by Crippen LogP contribution is -2.47. The van der Waals surface area contributed by atoms with E-state index in [0.717, 1.165) is 32.6 Å². The van der Waals surface area contributed by atoms with E-state index >= 15 is 0 Å². The van der Waals surface area contributed by atoms with Crippen LogP contribution in [0.2, 0.25) is 0 Å². The van der Waals surface area contributed by atoms with E-state index in [0.29, 0.717) is 6.61 Å². The predicted octanol–water partition coefficient (Wildman–Crippen LogP) is 4.29.